The Balaban J connectivity index is 1.37. The van der Waals surface area contributed by atoms with Crippen molar-refractivity contribution in [3.05, 3.63) is 57.7 Å². The number of halogens is 1. The molecule has 0 spiro atoms. The molecule has 6 nitrogen and oxygen atoms in total. The third kappa shape index (κ3) is 7.29. The van der Waals surface area contributed by atoms with E-state index < -0.39 is 0 Å². The van der Waals surface area contributed by atoms with E-state index in [0.29, 0.717) is 18.9 Å². The van der Waals surface area contributed by atoms with Crippen LogP contribution in [0.3, 0.4) is 0 Å². The highest BCUT2D eigenvalue weighted by atomic mass is 127. The van der Waals surface area contributed by atoms with Crippen LogP contribution in [0.15, 0.2) is 48.5 Å². The van der Waals surface area contributed by atoms with Crippen LogP contribution in [0.5, 0.6) is 11.5 Å². The molecule has 28 heavy (non-hydrogen) atoms. The number of rotatable bonds is 9. The molecule has 0 saturated carbocycles. The third-order valence-corrected chi connectivity index (χ3v) is 5.07. The van der Waals surface area contributed by atoms with Gasteiger partial charge in [0.15, 0.2) is 6.61 Å². The summed E-state index contributed by atoms with van der Waals surface area (Å²) >= 11 is 2.23. The van der Waals surface area contributed by atoms with Crippen molar-refractivity contribution in [3.8, 4) is 11.5 Å². The first-order valence-corrected chi connectivity index (χ1v) is 10.4. The summed E-state index contributed by atoms with van der Waals surface area (Å²) in [6.07, 6.45) is 0. The normalized spacial score (nSPS) is 14.5. The Hall–Kier alpha value is -1.84. The molecule has 0 radical (unpaired) electrons. The van der Waals surface area contributed by atoms with Crippen molar-refractivity contribution in [1.29, 1.82) is 0 Å². The second-order valence-electron chi connectivity index (χ2n) is 6.47. The lowest BCUT2D eigenvalue weighted by Gasteiger charge is -2.26. The molecule has 2 aromatic rings. The van der Waals surface area contributed by atoms with Crippen molar-refractivity contribution in [2.75, 3.05) is 46.1 Å². The predicted octanol–water partition coefficient (Wildman–Crippen LogP) is 2.70. The fourth-order valence-electron chi connectivity index (χ4n) is 2.79. The Labute approximate surface area is 179 Å². The zero-order chi connectivity index (χ0) is 19.6. The number of morpholine rings is 1. The summed E-state index contributed by atoms with van der Waals surface area (Å²) < 4.78 is 17.8. The molecular formula is C21H25IN2O4. The Morgan fingerprint density at radius 2 is 1.86 bits per heavy atom. The highest BCUT2D eigenvalue weighted by molar-refractivity contribution is 14.1. The standard InChI is InChI=1S/C21H25IN2O4/c22-18-4-6-19(7-5-18)28-16-21(25)23-15-17-2-1-3-20(14-17)27-13-10-24-8-11-26-12-9-24/h1-7,14H,8-13,15-16H2,(H,23,25). The van der Waals surface area contributed by atoms with Gasteiger partial charge in [-0.2, -0.15) is 0 Å². The molecule has 1 amide bonds. The van der Waals surface area contributed by atoms with Gasteiger partial charge in [0, 0.05) is 29.7 Å². The summed E-state index contributed by atoms with van der Waals surface area (Å²) in [5.74, 6) is 1.35. The van der Waals surface area contributed by atoms with Crippen LogP contribution < -0.4 is 14.8 Å². The molecule has 3 rings (SSSR count). The molecule has 1 aliphatic rings. The van der Waals surface area contributed by atoms with Crippen molar-refractivity contribution >= 4 is 28.5 Å². The average molecular weight is 496 g/mol. The van der Waals surface area contributed by atoms with Gasteiger partial charge >= 0.3 is 0 Å². The Bertz CT molecular complexity index is 748. The number of carbonyl (C=O) groups is 1. The molecule has 1 aliphatic heterocycles. The summed E-state index contributed by atoms with van der Waals surface area (Å²) in [5.41, 5.74) is 0.992. The SMILES string of the molecule is O=C(COc1ccc(I)cc1)NCc1cccc(OCCN2CCOCC2)c1. The number of hydrogen-bond donors (Lipinski definition) is 1. The summed E-state index contributed by atoms with van der Waals surface area (Å²) in [7, 11) is 0. The van der Waals surface area contributed by atoms with Gasteiger partial charge in [-0.3, -0.25) is 9.69 Å². The van der Waals surface area contributed by atoms with E-state index >= 15 is 0 Å². The molecule has 150 valence electrons. The zero-order valence-corrected chi connectivity index (χ0v) is 17.9. The zero-order valence-electron chi connectivity index (χ0n) is 15.7. The van der Waals surface area contributed by atoms with Crippen LogP contribution in [0.4, 0.5) is 0 Å². The molecule has 0 atom stereocenters. The van der Waals surface area contributed by atoms with Crippen molar-refractivity contribution in [2.24, 2.45) is 0 Å². The maximum absolute atomic E-state index is 12.0. The second-order valence-corrected chi connectivity index (χ2v) is 7.71. The summed E-state index contributed by atoms with van der Waals surface area (Å²) in [6, 6.07) is 15.4. The molecule has 1 heterocycles. The maximum Gasteiger partial charge on any atom is 0.258 e. The lowest BCUT2D eigenvalue weighted by Crippen LogP contribution is -2.38. The van der Waals surface area contributed by atoms with E-state index in [4.69, 9.17) is 14.2 Å². The molecule has 1 N–H and O–H groups in total. The van der Waals surface area contributed by atoms with Gasteiger partial charge in [-0.15, -0.1) is 0 Å². The number of benzene rings is 2. The Morgan fingerprint density at radius 1 is 1.07 bits per heavy atom. The molecule has 1 saturated heterocycles. The molecule has 0 bridgehead atoms. The summed E-state index contributed by atoms with van der Waals surface area (Å²) in [6.45, 7) is 5.47. The number of hydrogen-bond acceptors (Lipinski definition) is 5. The average Bonchev–Trinajstić information content (AvgIpc) is 2.73. The third-order valence-electron chi connectivity index (χ3n) is 4.35. The fourth-order valence-corrected chi connectivity index (χ4v) is 3.15. The van der Waals surface area contributed by atoms with Crippen molar-refractivity contribution in [2.45, 2.75) is 6.54 Å². The van der Waals surface area contributed by atoms with Gasteiger partial charge in [0.05, 0.1) is 13.2 Å². The highest BCUT2D eigenvalue weighted by Crippen LogP contribution is 2.14. The van der Waals surface area contributed by atoms with Gasteiger partial charge < -0.3 is 19.5 Å². The lowest BCUT2D eigenvalue weighted by atomic mass is 10.2. The number of ether oxygens (including phenoxy) is 3. The number of amides is 1. The molecule has 0 aliphatic carbocycles. The van der Waals surface area contributed by atoms with Crippen molar-refractivity contribution in [1.82, 2.24) is 10.2 Å². The lowest BCUT2D eigenvalue weighted by molar-refractivity contribution is -0.123. The van der Waals surface area contributed by atoms with E-state index in [2.05, 4.69) is 32.8 Å². The van der Waals surface area contributed by atoms with E-state index in [9.17, 15) is 4.79 Å². The highest BCUT2D eigenvalue weighted by Gasteiger charge is 2.10. The fraction of sp³-hybridized carbons (Fsp3) is 0.381. The molecule has 1 fully saturated rings. The van der Waals surface area contributed by atoms with Gasteiger partial charge in [0.2, 0.25) is 0 Å². The first-order valence-electron chi connectivity index (χ1n) is 9.36. The maximum atomic E-state index is 12.0. The predicted molar refractivity (Wildman–Crippen MR) is 116 cm³/mol. The number of nitrogens with zero attached hydrogens (tertiary/aromatic N) is 1. The topological polar surface area (TPSA) is 60.0 Å². The van der Waals surface area contributed by atoms with Crippen molar-refractivity contribution in [3.63, 3.8) is 0 Å². The minimum absolute atomic E-state index is 0.00364. The largest absolute Gasteiger partial charge is 0.492 e. The van der Waals surface area contributed by atoms with Crippen LogP contribution >= 0.6 is 22.6 Å². The van der Waals surface area contributed by atoms with Crippen molar-refractivity contribution < 1.29 is 19.0 Å². The molecule has 7 heteroatoms. The molecule has 0 aromatic heterocycles. The van der Waals surface area contributed by atoms with Gasteiger partial charge in [0.1, 0.15) is 18.1 Å². The van der Waals surface area contributed by atoms with Crippen LogP contribution in [0.1, 0.15) is 5.56 Å². The van der Waals surface area contributed by atoms with E-state index in [1.165, 1.54) is 0 Å². The molecule has 2 aromatic carbocycles. The monoisotopic (exact) mass is 496 g/mol. The molecular weight excluding hydrogens is 471 g/mol. The summed E-state index contributed by atoms with van der Waals surface area (Å²) in [4.78, 5) is 14.3. The van der Waals surface area contributed by atoms with E-state index in [0.717, 1.165) is 47.7 Å². The van der Waals surface area contributed by atoms with Gasteiger partial charge in [0.25, 0.3) is 5.91 Å². The Kier molecular flexibility index (Phi) is 8.38. The van der Waals surface area contributed by atoms with Crippen LogP contribution in [-0.2, 0) is 16.1 Å². The van der Waals surface area contributed by atoms with Crippen LogP contribution in [0.25, 0.3) is 0 Å². The van der Waals surface area contributed by atoms with E-state index in [1.807, 2.05) is 48.5 Å². The van der Waals surface area contributed by atoms with E-state index in [-0.39, 0.29) is 12.5 Å². The van der Waals surface area contributed by atoms with Crippen LogP contribution in [0.2, 0.25) is 0 Å². The second kappa shape index (κ2) is 11.2. The number of nitrogens with one attached hydrogen (secondary N) is 1. The smallest absolute Gasteiger partial charge is 0.258 e. The molecule has 0 unspecified atom stereocenters. The minimum Gasteiger partial charge on any atom is -0.492 e. The number of carbonyl (C=O) groups excluding carboxylic acids is 1. The summed E-state index contributed by atoms with van der Waals surface area (Å²) in [5, 5.41) is 2.87. The van der Waals surface area contributed by atoms with E-state index in [1.54, 1.807) is 0 Å². The quantitative estimate of drug-likeness (QED) is 0.542. The Morgan fingerprint density at radius 3 is 2.64 bits per heavy atom. The van der Waals surface area contributed by atoms with Gasteiger partial charge in [-0.1, -0.05) is 12.1 Å². The van der Waals surface area contributed by atoms with Gasteiger partial charge in [-0.25, -0.2) is 0 Å². The van der Waals surface area contributed by atoms with Crippen LogP contribution in [-0.4, -0.2) is 56.9 Å². The van der Waals surface area contributed by atoms with Crippen LogP contribution in [0, 0.1) is 3.57 Å². The first kappa shape index (κ1) is 20.9. The first-order chi connectivity index (χ1) is 13.7. The van der Waals surface area contributed by atoms with Gasteiger partial charge in [-0.05, 0) is 64.6 Å². The minimum atomic E-state index is -0.155.